The van der Waals surface area contributed by atoms with Gasteiger partial charge in [-0.05, 0) is 29.7 Å². The minimum atomic E-state index is -3.80. The highest BCUT2D eigenvalue weighted by Crippen LogP contribution is 2.27. The van der Waals surface area contributed by atoms with Crippen LogP contribution in [0.1, 0.15) is 0 Å². The van der Waals surface area contributed by atoms with Crippen LogP contribution in [0.2, 0.25) is 0 Å². The molecule has 0 amide bonds. The van der Waals surface area contributed by atoms with Gasteiger partial charge in [0.1, 0.15) is 0 Å². The Kier molecular flexibility index (Phi) is 4.11. The summed E-state index contributed by atoms with van der Waals surface area (Å²) in [6, 6.07) is 17.9. The molecule has 3 heterocycles. The highest BCUT2D eigenvalue weighted by molar-refractivity contribution is 7.93. The minimum absolute atomic E-state index is 0.182. The molecule has 0 bridgehead atoms. The van der Waals surface area contributed by atoms with Crippen LogP contribution in [0.15, 0.2) is 84.1 Å². The normalized spacial score (nSPS) is 11.7. The van der Waals surface area contributed by atoms with Crippen molar-refractivity contribution in [2.24, 2.45) is 0 Å². The molecule has 30 heavy (non-hydrogen) atoms. The molecule has 148 valence electrons. The molecule has 0 saturated heterocycles. The van der Waals surface area contributed by atoms with Gasteiger partial charge in [-0.2, -0.15) is 4.98 Å². The zero-order chi connectivity index (χ0) is 20.7. The first-order chi connectivity index (χ1) is 14.5. The van der Waals surface area contributed by atoms with E-state index in [1.807, 2.05) is 30.3 Å². The Morgan fingerprint density at radius 3 is 2.67 bits per heavy atom. The molecule has 3 N–H and O–H groups in total. The van der Waals surface area contributed by atoms with Crippen LogP contribution in [-0.4, -0.2) is 28.0 Å². The quantitative estimate of drug-likeness (QED) is 0.464. The van der Waals surface area contributed by atoms with E-state index in [1.165, 1.54) is 6.20 Å². The smallest absolute Gasteiger partial charge is 0.262 e. The molecule has 0 aliphatic carbocycles. The lowest BCUT2D eigenvalue weighted by molar-refractivity contribution is 0.602. The summed E-state index contributed by atoms with van der Waals surface area (Å²) in [4.78, 5) is 8.50. The predicted octanol–water partition coefficient (Wildman–Crippen LogP) is 3.33. The fourth-order valence-corrected chi connectivity index (χ4v) is 4.63. The van der Waals surface area contributed by atoms with Gasteiger partial charge < -0.3 is 5.73 Å². The number of hydrogen-bond acceptors (Lipinski definition) is 6. The molecule has 0 aliphatic rings. The second kappa shape index (κ2) is 6.82. The lowest BCUT2D eigenvalue weighted by Crippen LogP contribution is -2.13. The molecule has 0 atom stereocenters. The molecular formula is C21H16N6O2S. The average Bonchev–Trinajstić information content (AvgIpc) is 3.12. The molecule has 0 fully saturated rings. The van der Waals surface area contributed by atoms with Crippen LogP contribution in [0.4, 0.5) is 11.6 Å². The summed E-state index contributed by atoms with van der Waals surface area (Å²) in [5.74, 6) is 0.182. The van der Waals surface area contributed by atoms with Gasteiger partial charge in [-0.1, -0.05) is 36.4 Å². The molecule has 0 saturated carbocycles. The van der Waals surface area contributed by atoms with Crippen LogP contribution in [0.25, 0.3) is 27.5 Å². The van der Waals surface area contributed by atoms with E-state index in [1.54, 1.807) is 47.2 Å². The third kappa shape index (κ3) is 3.20. The van der Waals surface area contributed by atoms with Crippen molar-refractivity contribution in [3.63, 3.8) is 0 Å². The number of aromatic nitrogens is 4. The third-order valence-corrected chi connectivity index (χ3v) is 6.15. The zero-order valence-corrected chi connectivity index (χ0v) is 16.4. The number of fused-ring (bicyclic) bond motifs is 2. The fraction of sp³-hybridized carbons (Fsp3) is 0. The molecule has 2 aromatic carbocycles. The van der Waals surface area contributed by atoms with Gasteiger partial charge in [0.25, 0.3) is 10.0 Å². The van der Waals surface area contributed by atoms with Crippen molar-refractivity contribution in [2.75, 3.05) is 10.5 Å². The topological polar surface area (TPSA) is 115 Å². The SMILES string of the molecule is Nc1nc2ccc(-c3cncc(NS(=O)(=O)c4cccc5ccccc45)c3)cn2n1. The van der Waals surface area contributed by atoms with E-state index in [0.717, 1.165) is 16.5 Å². The lowest BCUT2D eigenvalue weighted by Gasteiger charge is -2.11. The first-order valence-corrected chi connectivity index (χ1v) is 10.6. The van der Waals surface area contributed by atoms with Crippen LogP contribution in [0.3, 0.4) is 0 Å². The number of nitrogens with two attached hydrogens (primary N) is 1. The second-order valence-corrected chi connectivity index (χ2v) is 8.39. The van der Waals surface area contributed by atoms with Gasteiger partial charge in [-0.15, -0.1) is 5.10 Å². The van der Waals surface area contributed by atoms with Crippen LogP contribution in [0, 0.1) is 0 Å². The Bertz CT molecular complexity index is 1510. The summed E-state index contributed by atoms with van der Waals surface area (Å²) in [5.41, 5.74) is 8.14. The van der Waals surface area contributed by atoms with E-state index >= 15 is 0 Å². The first kappa shape index (κ1) is 18.1. The molecule has 5 rings (SSSR count). The summed E-state index contributed by atoms with van der Waals surface area (Å²) in [7, 11) is -3.80. The monoisotopic (exact) mass is 416 g/mol. The van der Waals surface area contributed by atoms with Gasteiger partial charge in [-0.3, -0.25) is 9.71 Å². The van der Waals surface area contributed by atoms with Crippen molar-refractivity contribution in [1.82, 2.24) is 19.6 Å². The standard InChI is InChI=1S/C21H16N6O2S/c22-21-24-20-9-8-15(13-27(20)25-21)16-10-17(12-23-11-16)26-30(28,29)19-7-3-5-14-4-1-2-6-18(14)19/h1-13,26H,(H2,22,25). The number of anilines is 2. The van der Waals surface area contributed by atoms with Gasteiger partial charge in [0.15, 0.2) is 5.65 Å². The maximum absolute atomic E-state index is 13.1. The van der Waals surface area contributed by atoms with Crippen molar-refractivity contribution in [1.29, 1.82) is 0 Å². The molecule has 9 heteroatoms. The Hall–Kier alpha value is -3.98. The molecule has 8 nitrogen and oxygen atoms in total. The highest BCUT2D eigenvalue weighted by Gasteiger charge is 2.18. The number of nitrogens with one attached hydrogen (secondary N) is 1. The maximum atomic E-state index is 13.1. The molecule has 3 aromatic heterocycles. The van der Waals surface area contributed by atoms with Gasteiger partial charge in [0.2, 0.25) is 5.95 Å². The lowest BCUT2D eigenvalue weighted by atomic mass is 10.1. The van der Waals surface area contributed by atoms with Gasteiger partial charge >= 0.3 is 0 Å². The summed E-state index contributed by atoms with van der Waals surface area (Å²) < 4.78 is 30.3. The van der Waals surface area contributed by atoms with E-state index in [-0.39, 0.29) is 10.8 Å². The number of hydrogen-bond donors (Lipinski definition) is 2. The zero-order valence-electron chi connectivity index (χ0n) is 15.6. The largest absolute Gasteiger partial charge is 0.366 e. The van der Waals surface area contributed by atoms with E-state index in [4.69, 9.17) is 5.73 Å². The van der Waals surface area contributed by atoms with Gasteiger partial charge in [0.05, 0.1) is 16.8 Å². The maximum Gasteiger partial charge on any atom is 0.262 e. The third-order valence-electron chi connectivity index (χ3n) is 4.71. The van der Waals surface area contributed by atoms with Crippen LogP contribution in [0.5, 0.6) is 0 Å². The number of sulfonamides is 1. The summed E-state index contributed by atoms with van der Waals surface area (Å²) in [6.07, 6.45) is 4.88. The van der Waals surface area contributed by atoms with E-state index in [2.05, 4.69) is 19.8 Å². The Morgan fingerprint density at radius 2 is 1.77 bits per heavy atom. The summed E-state index contributed by atoms with van der Waals surface area (Å²) in [5, 5.41) is 5.61. The van der Waals surface area contributed by atoms with E-state index in [0.29, 0.717) is 16.7 Å². The number of benzene rings is 2. The average molecular weight is 416 g/mol. The molecular weight excluding hydrogens is 400 g/mol. The number of pyridine rings is 2. The highest BCUT2D eigenvalue weighted by atomic mass is 32.2. The van der Waals surface area contributed by atoms with Crippen LogP contribution < -0.4 is 10.5 Å². The number of nitrogen functional groups attached to an aromatic ring is 1. The first-order valence-electron chi connectivity index (χ1n) is 9.07. The summed E-state index contributed by atoms with van der Waals surface area (Å²) in [6.45, 7) is 0. The van der Waals surface area contributed by atoms with E-state index in [9.17, 15) is 8.42 Å². The van der Waals surface area contributed by atoms with Crippen LogP contribution in [-0.2, 0) is 10.0 Å². The molecule has 0 unspecified atom stereocenters. The van der Waals surface area contributed by atoms with Crippen molar-refractivity contribution in [2.45, 2.75) is 4.90 Å². The van der Waals surface area contributed by atoms with Crippen molar-refractivity contribution < 1.29 is 8.42 Å². The van der Waals surface area contributed by atoms with Crippen LogP contribution >= 0.6 is 0 Å². The molecule has 0 aliphatic heterocycles. The van der Waals surface area contributed by atoms with Crippen molar-refractivity contribution >= 4 is 38.1 Å². The Morgan fingerprint density at radius 1 is 0.933 bits per heavy atom. The number of nitrogens with zero attached hydrogens (tertiary/aromatic N) is 4. The van der Waals surface area contributed by atoms with E-state index < -0.39 is 10.0 Å². The predicted molar refractivity (Wildman–Crippen MR) is 115 cm³/mol. The molecule has 5 aromatic rings. The van der Waals surface area contributed by atoms with Crippen molar-refractivity contribution in [3.8, 4) is 11.1 Å². The van der Waals surface area contributed by atoms with Gasteiger partial charge in [-0.25, -0.2) is 12.9 Å². The Balaban J connectivity index is 1.52. The van der Waals surface area contributed by atoms with Crippen molar-refractivity contribution in [3.05, 3.63) is 79.3 Å². The summed E-state index contributed by atoms with van der Waals surface area (Å²) >= 11 is 0. The van der Waals surface area contributed by atoms with Gasteiger partial charge in [0, 0.05) is 28.9 Å². The Labute approximate surface area is 172 Å². The molecule has 0 radical (unpaired) electrons. The second-order valence-electron chi connectivity index (χ2n) is 6.74. The minimum Gasteiger partial charge on any atom is -0.366 e. The number of rotatable bonds is 4. The molecule has 0 spiro atoms. The fourth-order valence-electron chi connectivity index (χ4n) is 3.36.